The van der Waals surface area contributed by atoms with Crippen LogP contribution >= 0.6 is 0 Å². The Morgan fingerprint density at radius 3 is 2.24 bits per heavy atom. The number of aromatic nitrogens is 1. The fourth-order valence-electron chi connectivity index (χ4n) is 2.13. The molecule has 0 aliphatic heterocycles. The lowest BCUT2D eigenvalue weighted by molar-refractivity contribution is 0.0523. The summed E-state index contributed by atoms with van der Waals surface area (Å²) in [6.45, 7) is 5.77. The van der Waals surface area contributed by atoms with Crippen molar-refractivity contribution < 1.29 is 14.3 Å². The summed E-state index contributed by atoms with van der Waals surface area (Å²) in [4.78, 5) is 29.7. The molecule has 25 heavy (non-hydrogen) atoms. The highest BCUT2D eigenvalue weighted by Crippen LogP contribution is 2.15. The van der Waals surface area contributed by atoms with Crippen molar-refractivity contribution in [2.75, 3.05) is 11.9 Å². The largest absolute Gasteiger partial charge is 0.444 e. The van der Waals surface area contributed by atoms with E-state index in [2.05, 4.69) is 10.3 Å². The molecule has 6 heteroatoms. The van der Waals surface area contributed by atoms with E-state index >= 15 is 0 Å². The van der Waals surface area contributed by atoms with Crippen LogP contribution in [0, 0.1) is 0 Å². The van der Waals surface area contributed by atoms with E-state index in [0.29, 0.717) is 12.1 Å². The first kappa shape index (κ1) is 18.4. The first-order valence-corrected chi connectivity index (χ1v) is 8.00. The lowest BCUT2D eigenvalue weighted by Crippen LogP contribution is -2.32. The lowest BCUT2D eigenvalue weighted by Gasteiger charge is -2.19. The summed E-state index contributed by atoms with van der Waals surface area (Å²) in [6, 6.07) is 10.7. The number of nitrogens with zero attached hydrogens (tertiary/aromatic N) is 2. The third-order valence-electron chi connectivity index (χ3n) is 3.39. The van der Waals surface area contributed by atoms with Crippen LogP contribution in [0.2, 0.25) is 0 Å². The smallest absolute Gasteiger partial charge is 0.407 e. The van der Waals surface area contributed by atoms with Crippen molar-refractivity contribution >= 4 is 17.7 Å². The van der Waals surface area contributed by atoms with E-state index in [4.69, 9.17) is 4.74 Å². The van der Waals surface area contributed by atoms with Crippen molar-refractivity contribution in [2.24, 2.45) is 0 Å². The second-order valence-electron chi connectivity index (χ2n) is 6.62. The van der Waals surface area contributed by atoms with Crippen LogP contribution in [0.3, 0.4) is 0 Å². The fourth-order valence-corrected chi connectivity index (χ4v) is 2.13. The van der Waals surface area contributed by atoms with Gasteiger partial charge in [0.15, 0.2) is 0 Å². The highest BCUT2D eigenvalue weighted by Gasteiger charge is 2.16. The summed E-state index contributed by atoms with van der Waals surface area (Å²) in [5.41, 5.74) is 1.70. The van der Waals surface area contributed by atoms with Crippen molar-refractivity contribution in [1.29, 1.82) is 0 Å². The Hall–Kier alpha value is -2.89. The lowest BCUT2D eigenvalue weighted by atomic mass is 10.1. The first-order chi connectivity index (χ1) is 11.8. The maximum Gasteiger partial charge on any atom is 0.407 e. The molecule has 6 nitrogen and oxygen atoms in total. The molecule has 0 aliphatic carbocycles. The molecule has 1 heterocycles. The molecule has 0 saturated heterocycles. The minimum absolute atomic E-state index is 0.113. The van der Waals surface area contributed by atoms with Gasteiger partial charge in [0.25, 0.3) is 5.91 Å². The van der Waals surface area contributed by atoms with E-state index < -0.39 is 11.7 Å². The number of pyridine rings is 1. The van der Waals surface area contributed by atoms with E-state index in [9.17, 15) is 9.59 Å². The Morgan fingerprint density at radius 2 is 1.68 bits per heavy atom. The average Bonchev–Trinajstić information content (AvgIpc) is 2.58. The van der Waals surface area contributed by atoms with Gasteiger partial charge in [0.2, 0.25) is 0 Å². The van der Waals surface area contributed by atoms with Crippen molar-refractivity contribution in [3.8, 4) is 0 Å². The Labute approximate surface area is 147 Å². The zero-order chi connectivity index (χ0) is 18.4. The number of nitrogens with one attached hydrogen (secondary N) is 1. The predicted molar refractivity (Wildman–Crippen MR) is 96.5 cm³/mol. The van der Waals surface area contributed by atoms with Gasteiger partial charge in [-0.05, 0) is 50.6 Å². The van der Waals surface area contributed by atoms with E-state index in [1.54, 1.807) is 48.6 Å². The van der Waals surface area contributed by atoms with E-state index in [0.717, 1.165) is 11.3 Å². The highest BCUT2D eigenvalue weighted by molar-refractivity contribution is 6.05. The number of carbonyl (C=O) groups is 2. The standard InChI is InChI=1S/C19H23N3O3/c1-19(2,3)25-18(24)21-13-14-5-7-15(8-6-14)17(23)22(4)16-9-11-20-12-10-16/h5-12H,13H2,1-4H3,(H,21,24). The van der Waals surface area contributed by atoms with Crippen LogP contribution in [0.15, 0.2) is 48.8 Å². The number of alkyl carbamates (subject to hydrolysis) is 1. The molecule has 0 saturated carbocycles. The van der Waals surface area contributed by atoms with Crippen molar-refractivity contribution in [3.63, 3.8) is 0 Å². The molecule has 1 aromatic heterocycles. The van der Waals surface area contributed by atoms with E-state index in [1.807, 2.05) is 32.9 Å². The number of carbonyl (C=O) groups excluding carboxylic acids is 2. The van der Waals surface area contributed by atoms with Gasteiger partial charge in [-0.1, -0.05) is 12.1 Å². The van der Waals surface area contributed by atoms with Crippen LogP contribution in [0.1, 0.15) is 36.7 Å². The zero-order valence-corrected chi connectivity index (χ0v) is 14.9. The minimum Gasteiger partial charge on any atom is -0.444 e. The average molecular weight is 341 g/mol. The molecule has 0 bridgehead atoms. The molecule has 2 rings (SSSR count). The first-order valence-electron chi connectivity index (χ1n) is 8.00. The van der Waals surface area contributed by atoms with Gasteiger partial charge < -0.3 is 15.0 Å². The molecule has 0 spiro atoms. The Bertz CT molecular complexity index is 722. The Morgan fingerprint density at radius 1 is 1.08 bits per heavy atom. The van der Waals surface area contributed by atoms with Crippen molar-refractivity contribution in [2.45, 2.75) is 32.9 Å². The van der Waals surface area contributed by atoms with Crippen LogP contribution < -0.4 is 10.2 Å². The van der Waals surface area contributed by atoms with Crippen molar-refractivity contribution in [3.05, 3.63) is 59.9 Å². The molecule has 0 aliphatic rings. The molecule has 0 atom stereocenters. The van der Waals surface area contributed by atoms with Gasteiger partial charge in [-0.2, -0.15) is 0 Å². The van der Waals surface area contributed by atoms with Gasteiger partial charge in [0.1, 0.15) is 5.60 Å². The summed E-state index contributed by atoms with van der Waals surface area (Å²) >= 11 is 0. The molecule has 1 aromatic carbocycles. The molecule has 2 aromatic rings. The van der Waals surface area contributed by atoms with Crippen LogP contribution in [-0.2, 0) is 11.3 Å². The van der Waals surface area contributed by atoms with Gasteiger partial charge in [-0.25, -0.2) is 4.79 Å². The number of benzene rings is 1. The van der Waals surface area contributed by atoms with Gasteiger partial charge in [0, 0.05) is 37.2 Å². The van der Waals surface area contributed by atoms with Crippen molar-refractivity contribution in [1.82, 2.24) is 10.3 Å². The number of hydrogen-bond donors (Lipinski definition) is 1. The van der Waals surface area contributed by atoms with Crippen LogP contribution in [0.25, 0.3) is 0 Å². The topological polar surface area (TPSA) is 71.5 Å². The molecule has 1 N–H and O–H groups in total. The van der Waals surface area contributed by atoms with Gasteiger partial charge in [-0.3, -0.25) is 9.78 Å². The Balaban J connectivity index is 1.95. The third kappa shape index (κ3) is 5.60. The van der Waals surface area contributed by atoms with Crippen LogP contribution in [0.4, 0.5) is 10.5 Å². The van der Waals surface area contributed by atoms with Crippen LogP contribution in [-0.4, -0.2) is 29.6 Å². The number of anilines is 1. The maximum atomic E-state index is 12.5. The molecular formula is C19H23N3O3. The third-order valence-corrected chi connectivity index (χ3v) is 3.39. The second kappa shape index (κ2) is 7.79. The molecule has 132 valence electrons. The monoisotopic (exact) mass is 341 g/mol. The van der Waals surface area contributed by atoms with Gasteiger partial charge in [0.05, 0.1) is 0 Å². The number of rotatable bonds is 4. The Kier molecular flexibility index (Phi) is 5.75. The maximum absolute atomic E-state index is 12.5. The summed E-state index contributed by atoms with van der Waals surface area (Å²) < 4.78 is 5.19. The predicted octanol–water partition coefficient (Wildman–Crippen LogP) is 3.38. The summed E-state index contributed by atoms with van der Waals surface area (Å²) in [6.07, 6.45) is 2.82. The SMILES string of the molecule is CN(C(=O)c1ccc(CNC(=O)OC(C)(C)C)cc1)c1ccncc1. The van der Waals surface area contributed by atoms with E-state index in [-0.39, 0.29) is 5.91 Å². The molecule has 0 unspecified atom stereocenters. The zero-order valence-electron chi connectivity index (χ0n) is 14.9. The highest BCUT2D eigenvalue weighted by atomic mass is 16.6. The van der Waals surface area contributed by atoms with E-state index in [1.165, 1.54) is 0 Å². The fraction of sp³-hybridized carbons (Fsp3) is 0.316. The number of hydrogen-bond acceptors (Lipinski definition) is 4. The molecular weight excluding hydrogens is 318 g/mol. The van der Waals surface area contributed by atoms with Gasteiger partial charge in [-0.15, -0.1) is 0 Å². The molecule has 0 radical (unpaired) electrons. The molecule has 2 amide bonds. The number of ether oxygens (including phenoxy) is 1. The summed E-state index contributed by atoms with van der Waals surface area (Å²) in [7, 11) is 1.72. The van der Waals surface area contributed by atoms with Crippen LogP contribution in [0.5, 0.6) is 0 Å². The second-order valence-corrected chi connectivity index (χ2v) is 6.62. The minimum atomic E-state index is -0.530. The quantitative estimate of drug-likeness (QED) is 0.925. The summed E-state index contributed by atoms with van der Waals surface area (Å²) in [5, 5.41) is 2.69. The summed E-state index contributed by atoms with van der Waals surface area (Å²) in [5.74, 6) is -0.113. The van der Waals surface area contributed by atoms with Gasteiger partial charge >= 0.3 is 6.09 Å². The normalized spacial score (nSPS) is 10.9. The molecule has 0 fully saturated rings. The number of amides is 2.